The molecule has 0 bridgehead atoms. The van der Waals surface area contributed by atoms with Gasteiger partial charge in [-0.15, -0.1) is 0 Å². The second-order valence-electron chi connectivity index (χ2n) is 10.4. The molecule has 7 heteroatoms. The van der Waals surface area contributed by atoms with Crippen LogP contribution in [-0.2, 0) is 14.8 Å². The Morgan fingerprint density at radius 1 is 1.00 bits per heavy atom. The Morgan fingerprint density at radius 2 is 1.58 bits per heavy atom. The number of carbonyl (C=O) groups is 1. The summed E-state index contributed by atoms with van der Waals surface area (Å²) in [6, 6.07) is 11.7. The molecule has 3 N–H and O–H groups in total. The summed E-state index contributed by atoms with van der Waals surface area (Å²) in [4.78, 5) is 13.3. The molecule has 1 aliphatic rings. The molecule has 1 aliphatic heterocycles. The average molecular weight is 446 g/mol. The Hall–Kier alpha value is -1.96. The fourth-order valence-corrected chi connectivity index (χ4v) is 6.16. The van der Waals surface area contributed by atoms with Gasteiger partial charge in [-0.25, -0.2) is 8.42 Å². The number of amides is 1. The molecule has 0 aliphatic carbocycles. The largest absolute Gasteiger partial charge is 0.352 e. The Bertz CT molecular complexity index is 1040. The molecule has 170 valence electrons. The van der Waals surface area contributed by atoms with Crippen LogP contribution in [0, 0.1) is 5.92 Å². The van der Waals surface area contributed by atoms with Gasteiger partial charge in [-0.05, 0) is 69.4 Å². The van der Waals surface area contributed by atoms with E-state index in [4.69, 9.17) is 0 Å². The average Bonchev–Trinajstić information content (AvgIpc) is 2.62. The van der Waals surface area contributed by atoms with Gasteiger partial charge in [-0.3, -0.25) is 4.79 Å². The van der Waals surface area contributed by atoms with Crippen molar-refractivity contribution in [3.63, 3.8) is 0 Å². The van der Waals surface area contributed by atoms with Crippen molar-refractivity contribution in [1.82, 2.24) is 15.4 Å². The van der Waals surface area contributed by atoms with Crippen molar-refractivity contribution in [3.8, 4) is 0 Å². The first-order valence-corrected chi connectivity index (χ1v) is 12.4. The third-order valence-electron chi connectivity index (χ3n) is 5.80. The predicted octanol–water partition coefficient (Wildman–Crippen LogP) is 3.57. The Morgan fingerprint density at radius 3 is 2.16 bits per heavy atom. The molecule has 6 nitrogen and oxygen atoms in total. The highest BCUT2D eigenvalue weighted by atomic mass is 32.2. The molecule has 31 heavy (non-hydrogen) atoms. The molecule has 1 amide bonds. The first-order chi connectivity index (χ1) is 14.3. The predicted molar refractivity (Wildman–Crippen MR) is 125 cm³/mol. The quantitative estimate of drug-likeness (QED) is 0.634. The summed E-state index contributed by atoms with van der Waals surface area (Å²) >= 11 is 0. The van der Waals surface area contributed by atoms with E-state index in [1.165, 1.54) is 0 Å². The van der Waals surface area contributed by atoms with Crippen LogP contribution in [-0.4, -0.2) is 37.5 Å². The van der Waals surface area contributed by atoms with Crippen molar-refractivity contribution >= 4 is 26.7 Å². The number of piperidine rings is 1. The molecular weight excluding hydrogens is 410 g/mol. The van der Waals surface area contributed by atoms with Gasteiger partial charge in [-0.2, -0.15) is 4.72 Å². The first-order valence-electron chi connectivity index (χ1n) is 10.9. The van der Waals surface area contributed by atoms with Gasteiger partial charge in [0.2, 0.25) is 15.9 Å². The number of sulfonamides is 1. The summed E-state index contributed by atoms with van der Waals surface area (Å²) in [6.07, 6.45) is 1.56. The lowest BCUT2D eigenvalue weighted by Crippen LogP contribution is -2.63. The van der Waals surface area contributed by atoms with Crippen LogP contribution in [0.4, 0.5) is 0 Å². The monoisotopic (exact) mass is 445 g/mol. The molecular formula is C24H35N3O3S. The van der Waals surface area contributed by atoms with Gasteiger partial charge in [0.05, 0.1) is 4.90 Å². The lowest BCUT2D eigenvalue weighted by atomic mass is 9.79. The maximum atomic E-state index is 13.1. The number of fused-ring (bicyclic) bond motifs is 1. The molecule has 2 aromatic carbocycles. The minimum Gasteiger partial charge on any atom is -0.352 e. The van der Waals surface area contributed by atoms with Gasteiger partial charge < -0.3 is 10.6 Å². The summed E-state index contributed by atoms with van der Waals surface area (Å²) in [7, 11) is -3.85. The highest BCUT2D eigenvalue weighted by Gasteiger charge is 2.39. The second kappa shape index (κ2) is 8.52. The highest BCUT2D eigenvalue weighted by Crippen LogP contribution is 2.28. The van der Waals surface area contributed by atoms with E-state index in [2.05, 4.69) is 43.1 Å². The third-order valence-corrected chi connectivity index (χ3v) is 7.24. The van der Waals surface area contributed by atoms with Crippen LogP contribution >= 0.6 is 0 Å². The van der Waals surface area contributed by atoms with Crippen LogP contribution in [0.3, 0.4) is 0 Å². The van der Waals surface area contributed by atoms with Gasteiger partial charge in [0.15, 0.2) is 0 Å². The molecule has 0 spiro atoms. The molecule has 0 radical (unpaired) electrons. The zero-order valence-electron chi connectivity index (χ0n) is 19.3. The fraction of sp³-hybridized carbons (Fsp3) is 0.542. The van der Waals surface area contributed by atoms with Crippen molar-refractivity contribution in [1.29, 1.82) is 0 Å². The van der Waals surface area contributed by atoms with Crippen molar-refractivity contribution < 1.29 is 13.2 Å². The first kappa shape index (κ1) is 23.7. The van der Waals surface area contributed by atoms with Gasteiger partial charge in [0.1, 0.15) is 6.04 Å². The summed E-state index contributed by atoms with van der Waals surface area (Å²) in [5.41, 5.74) is -0.227. The van der Waals surface area contributed by atoms with Gasteiger partial charge in [0, 0.05) is 17.1 Å². The van der Waals surface area contributed by atoms with Crippen LogP contribution < -0.4 is 15.4 Å². The molecule has 3 rings (SSSR count). The van der Waals surface area contributed by atoms with Crippen molar-refractivity contribution in [2.24, 2.45) is 5.92 Å². The lowest BCUT2D eigenvalue weighted by Gasteiger charge is -2.46. The van der Waals surface area contributed by atoms with Crippen molar-refractivity contribution in [2.75, 3.05) is 0 Å². The normalized spacial score (nSPS) is 20.0. The molecule has 1 saturated heterocycles. The maximum absolute atomic E-state index is 13.1. The van der Waals surface area contributed by atoms with Crippen LogP contribution in [0.1, 0.15) is 54.4 Å². The number of benzene rings is 2. The van der Waals surface area contributed by atoms with Crippen molar-refractivity contribution in [2.45, 2.75) is 82.4 Å². The Balaban J connectivity index is 1.78. The molecule has 1 fully saturated rings. The lowest BCUT2D eigenvalue weighted by molar-refractivity contribution is -0.124. The summed E-state index contributed by atoms with van der Waals surface area (Å²) in [6.45, 7) is 12.2. The van der Waals surface area contributed by atoms with E-state index in [-0.39, 0.29) is 33.8 Å². The number of nitrogens with one attached hydrogen (secondary N) is 3. The standard InChI is InChI=1S/C24H35N3O3S/c1-16(2)21(22(28)25-19-14-23(3,4)27-24(5,6)15-19)26-31(29,30)20-12-11-17-9-7-8-10-18(17)13-20/h7-13,16,19,21,26-27H,14-15H2,1-6H3,(H,25,28)/t21-/m1/s1. The number of rotatable bonds is 6. The van der Waals surface area contributed by atoms with Crippen molar-refractivity contribution in [3.05, 3.63) is 42.5 Å². The highest BCUT2D eigenvalue weighted by molar-refractivity contribution is 7.89. The van der Waals surface area contributed by atoms with E-state index in [0.717, 1.165) is 23.6 Å². The minimum absolute atomic E-state index is 0.0230. The van der Waals surface area contributed by atoms with E-state index in [9.17, 15) is 13.2 Å². The molecule has 1 atom stereocenters. The number of carbonyl (C=O) groups excluding carboxylic acids is 1. The third kappa shape index (κ3) is 5.84. The van der Waals surface area contributed by atoms with Gasteiger partial charge in [-0.1, -0.05) is 44.2 Å². The Kier molecular flexibility index (Phi) is 6.52. The van der Waals surface area contributed by atoms with E-state index < -0.39 is 16.1 Å². The molecule has 0 aromatic heterocycles. The van der Waals surface area contributed by atoms with E-state index in [0.29, 0.717) is 0 Å². The van der Waals surface area contributed by atoms with E-state index >= 15 is 0 Å². The summed E-state index contributed by atoms with van der Waals surface area (Å²) < 4.78 is 28.8. The topological polar surface area (TPSA) is 87.3 Å². The van der Waals surface area contributed by atoms with Gasteiger partial charge in [0.25, 0.3) is 0 Å². The van der Waals surface area contributed by atoms with E-state index in [1.54, 1.807) is 18.2 Å². The zero-order chi connectivity index (χ0) is 23.0. The van der Waals surface area contributed by atoms with E-state index in [1.807, 2.05) is 38.1 Å². The molecule has 2 aromatic rings. The molecule has 1 heterocycles. The molecule has 0 unspecified atom stereocenters. The molecule has 0 saturated carbocycles. The second-order valence-corrected chi connectivity index (χ2v) is 12.1. The Labute approximate surface area is 186 Å². The SMILES string of the molecule is CC(C)[C@@H](NS(=O)(=O)c1ccc2ccccc2c1)C(=O)NC1CC(C)(C)NC(C)(C)C1. The maximum Gasteiger partial charge on any atom is 0.241 e. The summed E-state index contributed by atoms with van der Waals surface area (Å²) in [5.74, 6) is -0.476. The fourth-order valence-electron chi connectivity index (χ4n) is 4.78. The minimum atomic E-state index is -3.85. The van der Waals surface area contributed by atoms with Gasteiger partial charge >= 0.3 is 0 Å². The number of hydrogen-bond donors (Lipinski definition) is 3. The van der Waals surface area contributed by atoms with Crippen LogP contribution in [0.25, 0.3) is 10.8 Å². The van der Waals surface area contributed by atoms with Crippen LogP contribution in [0.5, 0.6) is 0 Å². The van der Waals surface area contributed by atoms with Crippen LogP contribution in [0.2, 0.25) is 0 Å². The summed E-state index contributed by atoms with van der Waals surface area (Å²) in [5, 5.41) is 8.52. The van der Waals surface area contributed by atoms with Crippen LogP contribution in [0.15, 0.2) is 47.4 Å². The number of hydrogen-bond acceptors (Lipinski definition) is 4. The smallest absolute Gasteiger partial charge is 0.241 e. The zero-order valence-corrected chi connectivity index (χ0v) is 20.1.